The van der Waals surface area contributed by atoms with Gasteiger partial charge in [0.2, 0.25) is 5.91 Å². The summed E-state index contributed by atoms with van der Waals surface area (Å²) in [4.78, 5) is 32.9. The SMILES string of the molecule is CCC=CCCC(=O)CC(=O)CCC(N)=O. The van der Waals surface area contributed by atoms with Crippen LogP contribution in [-0.4, -0.2) is 17.5 Å². The fraction of sp³-hybridized carbons (Fsp3) is 0.583. The Hall–Kier alpha value is -1.45. The van der Waals surface area contributed by atoms with E-state index in [9.17, 15) is 14.4 Å². The fourth-order valence-corrected chi connectivity index (χ4v) is 1.19. The Morgan fingerprint density at radius 1 is 1.00 bits per heavy atom. The highest BCUT2D eigenvalue weighted by Gasteiger charge is 2.09. The van der Waals surface area contributed by atoms with Crippen LogP contribution in [-0.2, 0) is 14.4 Å². The van der Waals surface area contributed by atoms with Crippen molar-refractivity contribution in [2.45, 2.75) is 45.4 Å². The number of Topliss-reactive ketones (excluding diaryl/α,β-unsaturated/α-hetero) is 2. The first-order chi connectivity index (χ1) is 7.56. The van der Waals surface area contributed by atoms with Crippen LogP contribution in [0.2, 0.25) is 0 Å². The summed E-state index contributed by atoms with van der Waals surface area (Å²) in [5.74, 6) is -0.787. The summed E-state index contributed by atoms with van der Waals surface area (Å²) in [6.45, 7) is 2.02. The Morgan fingerprint density at radius 3 is 2.19 bits per heavy atom. The number of allylic oxidation sites excluding steroid dienone is 2. The molecule has 0 unspecified atom stereocenters. The van der Waals surface area contributed by atoms with E-state index in [1.807, 2.05) is 19.1 Å². The van der Waals surface area contributed by atoms with Crippen LogP contribution >= 0.6 is 0 Å². The average molecular weight is 225 g/mol. The van der Waals surface area contributed by atoms with Gasteiger partial charge in [0, 0.05) is 19.3 Å². The zero-order chi connectivity index (χ0) is 12.4. The van der Waals surface area contributed by atoms with Crippen molar-refractivity contribution >= 4 is 17.5 Å². The van der Waals surface area contributed by atoms with Gasteiger partial charge in [-0.1, -0.05) is 19.1 Å². The maximum atomic E-state index is 11.3. The molecule has 0 aromatic heterocycles. The minimum Gasteiger partial charge on any atom is -0.370 e. The van der Waals surface area contributed by atoms with E-state index in [0.717, 1.165) is 6.42 Å². The lowest BCUT2D eigenvalue weighted by Crippen LogP contribution is -2.14. The van der Waals surface area contributed by atoms with Crippen LogP contribution in [0.25, 0.3) is 0 Å². The second-order valence-corrected chi connectivity index (χ2v) is 3.64. The van der Waals surface area contributed by atoms with Crippen molar-refractivity contribution in [3.63, 3.8) is 0 Å². The van der Waals surface area contributed by atoms with Gasteiger partial charge in [-0.05, 0) is 12.8 Å². The van der Waals surface area contributed by atoms with E-state index in [2.05, 4.69) is 0 Å². The van der Waals surface area contributed by atoms with Crippen LogP contribution in [0.1, 0.15) is 45.4 Å². The minimum absolute atomic E-state index is 0.0296. The Kier molecular flexibility index (Phi) is 8.03. The van der Waals surface area contributed by atoms with Crippen molar-refractivity contribution in [2.75, 3.05) is 0 Å². The lowest BCUT2D eigenvalue weighted by atomic mass is 10.1. The van der Waals surface area contributed by atoms with Crippen molar-refractivity contribution in [1.82, 2.24) is 0 Å². The summed E-state index contributed by atoms with van der Waals surface area (Å²) < 4.78 is 0. The molecule has 0 saturated carbocycles. The third-order valence-corrected chi connectivity index (χ3v) is 2.04. The maximum Gasteiger partial charge on any atom is 0.217 e. The monoisotopic (exact) mass is 225 g/mol. The minimum atomic E-state index is -0.508. The number of hydrogen-bond acceptors (Lipinski definition) is 3. The second-order valence-electron chi connectivity index (χ2n) is 3.64. The smallest absolute Gasteiger partial charge is 0.217 e. The number of amides is 1. The van der Waals surface area contributed by atoms with Gasteiger partial charge in [-0.25, -0.2) is 0 Å². The Balaban J connectivity index is 3.66. The number of carbonyl (C=O) groups excluding carboxylic acids is 3. The third-order valence-electron chi connectivity index (χ3n) is 2.04. The number of carbonyl (C=O) groups is 3. The van der Waals surface area contributed by atoms with Gasteiger partial charge in [-0.2, -0.15) is 0 Å². The number of ketones is 2. The van der Waals surface area contributed by atoms with Gasteiger partial charge in [-0.15, -0.1) is 0 Å². The summed E-state index contributed by atoms with van der Waals surface area (Å²) in [5, 5.41) is 0. The van der Waals surface area contributed by atoms with Gasteiger partial charge < -0.3 is 5.73 Å². The molecule has 0 atom stereocenters. The van der Waals surface area contributed by atoms with Crippen molar-refractivity contribution in [3.8, 4) is 0 Å². The Bertz CT molecular complexity index is 282. The third kappa shape index (κ3) is 9.12. The highest BCUT2D eigenvalue weighted by molar-refractivity contribution is 5.99. The fourth-order valence-electron chi connectivity index (χ4n) is 1.19. The van der Waals surface area contributed by atoms with Gasteiger partial charge in [-0.3, -0.25) is 14.4 Å². The molecule has 1 amide bonds. The number of primary amides is 1. The van der Waals surface area contributed by atoms with E-state index in [1.165, 1.54) is 0 Å². The molecule has 0 bridgehead atoms. The molecule has 0 heterocycles. The first kappa shape index (κ1) is 14.6. The molecule has 0 aromatic rings. The van der Waals surface area contributed by atoms with E-state index in [4.69, 9.17) is 5.73 Å². The van der Waals surface area contributed by atoms with Crippen LogP contribution in [0, 0.1) is 0 Å². The van der Waals surface area contributed by atoms with Crippen molar-refractivity contribution in [1.29, 1.82) is 0 Å². The molecule has 90 valence electrons. The molecule has 0 fully saturated rings. The predicted molar refractivity (Wildman–Crippen MR) is 61.7 cm³/mol. The van der Waals surface area contributed by atoms with E-state index >= 15 is 0 Å². The molecule has 2 N–H and O–H groups in total. The second kappa shape index (κ2) is 8.83. The summed E-state index contributed by atoms with van der Waals surface area (Å²) in [7, 11) is 0. The van der Waals surface area contributed by atoms with Crippen molar-refractivity contribution in [3.05, 3.63) is 12.2 Å². The maximum absolute atomic E-state index is 11.3. The quantitative estimate of drug-likeness (QED) is 0.477. The molecule has 0 spiro atoms. The van der Waals surface area contributed by atoms with Gasteiger partial charge in [0.25, 0.3) is 0 Å². The Morgan fingerprint density at radius 2 is 1.62 bits per heavy atom. The first-order valence-electron chi connectivity index (χ1n) is 5.53. The largest absolute Gasteiger partial charge is 0.370 e. The van der Waals surface area contributed by atoms with Crippen LogP contribution in [0.4, 0.5) is 0 Å². The zero-order valence-electron chi connectivity index (χ0n) is 9.70. The molecule has 4 heteroatoms. The lowest BCUT2D eigenvalue weighted by Gasteiger charge is -1.98. The van der Waals surface area contributed by atoms with Crippen LogP contribution in [0.3, 0.4) is 0 Å². The first-order valence-corrected chi connectivity index (χ1v) is 5.53. The molecule has 0 aromatic carbocycles. The van der Waals surface area contributed by atoms with Gasteiger partial charge in [0.1, 0.15) is 11.6 Å². The van der Waals surface area contributed by atoms with Crippen molar-refractivity contribution in [2.24, 2.45) is 5.73 Å². The summed E-state index contributed by atoms with van der Waals surface area (Å²) in [5.41, 5.74) is 4.90. The number of nitrogens with two attached hydrogens (primary N) is 1. The topological polar surface area (TPSA) is 77.2 Å². The molecular formula is C12H19NO3. The summed E-state index contributed by atoms with van der Waals surface area (Å²) >= 11 is 0. The normalized spacial score (nSPS) is 10.6. The molecule has 0 aliphatic heterocycles. The molecular weight excluding hydrogens is 206 g/mol. The van der Waals surface area contributed by atoms with Gasteiger partial charge in [0.05, 0.1) is 6.42 Å². The molecule has 0 aliphatic carbocycles. The lowest BCUT2D eigenvalue weighted by molar-refractivity contribution is -0.128. The molecule has 0 saturated heterocycles. The molecule has 4 nitrogen and oxygen atoms in total. The predicted octanol–water partition coefficient (Wildman–Crippen LogP) is 1.53. The standard InChI is InChI=1S/C12H19NO3/c1-2-3-4-5-6-10(14)9-11(15)7-8-12(13)16/h3-4H,2,5-9H2,1H3,(H2,13,16). The van der Waals surface area contributed by atoms with E-state index < -0.39 is 5.91 Å². The number of rotatable bonds is 9. The molecule has 0 rings (SSSR count). The number of hydrogen-bond donors (Lipinski definition) is 1. The summed E-state index contributed by atoms with van der Waals surface area (Å²) in [6, 6.07) is 0. The van der Waals surface area contributed by atoms with Crippen LogP contribution in [0.15, 0.2) is 12.2 Å². The van der Waals surface area contributed by atoms with E-state index in [0.29, 0.717) is 12.8 Å². The molecule has 0 aliphatic rings. The van der Waals surface area contributed by atoms with E-state index in [1.54, 1.807) is 0 Å². The van der Waals surface area contributed by atoms with E-state index in [-0.39, 0.29) is 30.8 Å². The van der Waals surface area contributed by atoms with Crippen LogP contribution < -0.4 is 5.73 Å². The zero-order valence-corrected chi connectivity index (χ0v) is 9.70. The summed E-state index contributed by atoms with van der Waals surface area (Å²) in [6.07, 6.45) is 5.97. The van der Waals surface area contributed by atoms with Crippen molar-refractivity contribution < 1.29 is 14.4 Å². The van der Waals surface area contributed by atoms with Crippen LogP contribution in [0.5, 0.6) is 0 Å². The molecule has 0 radical (unpaired) electrons. The van der Waals surface area contributed by atoms with Gasteiger partial charge in [0.15, 0.2) is 0 Å². The molecule has 16 heavy (non-hydrogen) atoms. The highest BCUT2D eigenvalue weighted by Crippen LogP contribution is 2.01. The van der Waals surface area contributed by atoms with Gasteiger partial charge >= 0.3 is 0 Å². The highest BCUT2D eigenvalue weighted by atomic mass is 16.2. The average Bonchev–Trinajstić information content (AvgIpc) is 2.21. The Labute approximate surface area is 95.9 Å².